The average molecular weight is 411 g/mol. The van der Waals surface area contributed by atoms with Crippen LogP contribution in [0.5, 0.6) is 0 Å². The van der Waals surface area contributed by atoms with Crippen LogP contribution in [0.2, 0.25) is 0 Å². The predicted octanol–water partition coefficient (Wildman–Crippen LogP) is 2.49. The van der Waals surface area contributed by atoms with Crippen LogP contribution in [0, 0.1) is 6.92 Å². The Bertz CT molecular complexity index is 951. The van der Waals surface area contributed by atoms with Crippen LogP contribution >= 0.6 is 11.3 Å². The minimum Gasteiger partial charge on any atom is -0.370 e. The number of amides is 1. The molecule has 152 valence electrons. The van der Waals surface area contributed by atoms with E-state index in [1.807, 2.05) is 29.2 Å². The Kier molecular flexibility index (Phi) is 6.54. The van der Waals surface area contributed by atoms with Gasteiger partial charge in [0.2, 0.25) is 5.91 Å². The van der Waals surface area contributed by atoms with Gasteiger partial charge in [-0.15, -0.1) is 0 Å². The van der Waals surface area contributed by atoms with Gasteiger partial charge in [-0.1, -0.05) is 47.7 Å². The van der Waals surface area contributed by atoms with Crippen LogP contribution in [0.25, 0.3) is 10.2 Å². The molecular formula is C23H28N3O2S+. The first-order valence-corrected chi connectivity index (χ1v) is 11.1. The summed E-state index contributed by atoms with van der Waals surface area (Å²) in [5, 5.41) is 0.816. The number of morpholine rings is 1. The lowest BCUT2D eigenvalue weighted by atomic mass is 10.1. The van der Waals surface area contributed by atoms with E-state index in [1.165, 1.54) is 16.0 Å². The maximum Gasteiger partial charge on any atom is 0.229 e. The van der Waals surface area contributed by atoms with E-state index in [0.717, 1.165) is 54.6 Å². The van der Waals surface area contributed by atoms with Crippen LogP contribution < -0.4 is 9.80 Å². The molecule has 0 spiro atoms. The molecule has 1 aliphatic rings. The second-order valence-electron chi connectivity index (χ2n) is 7.61. The van der Waals surface area contributed by atoms with Crippen LogP contribution in [0.3, 0.4) is 0 Å². The Labute approximate surface area is 175 Å². The Balaban J connectivity index is 1.51. The Hall–Kier alpha value is -2.28. The number of nitrogens with zero attached hydrogens (tertiary/aromatic N) is 2. The Morgan fingerprint density at radius 3 is 2.76 bits per heavy atom. The fourth-order valence-corrected chi connectivity index (χ4v) is 4.78. The molecule has 1 aromatic heterocycles. The Morgan fingerprint density at radius 2 is 1.97 bits per heavy atom. The van der Waals surface area contributed by atoms with Crippen molar-refractivity contribution in [2.45, 2.75) is 19.8 Å². The number of hydrogen-bond acceptors (Lipinski definition) is 4. The molecule has 1 saturated heterocycles. The maximum absolute atomic E-state index is 13.2. The van der Waals surface area contributed by atoms with Crippen LogP contribution in [0.4, 0.5) is 5.13 Å². The van der Waals surface area contributed by atoms with Crippen LogP contribution in [0.15, 0.2) is 48.5 Å². The molecule has 0 atom stereocenters. The summed E-state index contributed by atoms with van der Waals surface area (Å²) in [5.74, 6) is 0.150. The van der Waals surface area contributed by atoms with Crippen molar-refractivity contribution in [1.29, 1.82) is 0 Å². The van der Waals surface area contributed by atoms with Crippen molar-refractivity contribution in [3.05, 3.63) is 59.7 Å². The predicted molar refractivity (Wildman–Crippen MR) is 118 cm³/mol. The van der Waals surface area contributed by atoms with Crippen molar-refractivity contribution in [1.82, 2.24) is 4.98 Å². The molecule has 3 aromatic rings. The number of aromatic nitrogens is 1. The van der Waals surface area contributed by atoms with Gasteiger partial charge in [0.25, 0.3) is 0 Å². The average Bonchev–Trinajstić information content (AvgIpc) is 3.16. The fourth-order valence-electron chi connectivity index (χ4n) is 3.67. The van der Waals surface area contributed by atoms with E-state index in [-0.39, 0.29) is 5.91 Å². The smallest absolute Gasteiger partial charge is 0.229 e. The summed E-state index contributed by atoms with van der Waals surface area (Å²) in [6, 6.07) is 16.5. The summed E-state index contributed by atoms with van der Waals surface area (Å²) in [4.78, 5) is 21.4. The summed E-state index contributed by atoms with van der Waals surface area (Å²) in [6.45, 7) is 7.33. The molecular weight excluding hydrogens is 382 g/mol. The van der Waals surface area contributed by atoms with Crippen LogP contribution in [0.1, 0.15) is 17.5 Å². The third kappa shape index (κ3) is 5.21. The number of carbonyl (C=O) groups is 1. The van der Waals surface area contributed by atoms with E-state index in [1.54, 1.807) is 11.3 Å². The third-order valence-corrected chi connectivity index (χ3v) is 6.46. The van der Waals surface area contributed by atoms with Gasteiger partial charge in [0.15, 0.2) is 5.13 Å². The number of anilines is 1. The molecule has 0 unspecified atom stereocenters. The molecule has 0 saturated carbocycles. The number of fused-ring (bicyclic) bond motifs is 1. The second-order valence-corrected chi connectivity index (χ2v) is 8.62. The van der Waals surface area contributed by atoms with E-state index in [0.29, 0.717) is 13.0 Å². The highest BCUT2D eigenvalue weighted by Gasteiger charge is 2.23. The van der Waals surface area contributed by atoms with Gasteiger partial charge < -0.3 is 9.64 Å². The lowest BCUT2D eigenvalue weighted by Gasteiger charge is -2.27. The van der Waals surface area contributed by atoms with Gasteiger partial charge >= 0.3 is 0 Å². The number of rotatable bonds is 7. The van der Waals surface area contributed by atoms with Crippen LogP contribution in [-0.2, 0) is 16.0 Å². The van der Waals surface area contributed by atoms with E-state index in [9.17, 15) is 4.79 Å². The van der Waals surface area contributed by atoms with Crippen molar-refractivity contribution in [2.24, 2.45) is 0 Å². The van der Waals surface area contributed by atoms with Crippen molar-refractivity contribution in [3.8, 4) is 0 Å². The summed E-state index contributed by atoms with van der Waals surface area (Å²) < 4.78 is 6.60. The number of carbonyl (C=O) groups excluding carboxylic acids is 1. The largest absolute Gasteiger partial charge is 0.370 e. The minimum atomic E-state index is 0.150. The van der Waals surface area contributed by atoms with Crippen molar-refractivity contribution >= 4 is 32.6 Å². The topological polar surface area (TPSA) is 46.9 Å². The van der Waals surface area contributed by atoms with Crippen molar-refractivity contribution in [2.75, 3.05) is 44.3 Å². The quantitative estimate of drug-likeness (QED) is 0.651. The number of ether oxygens (including phenoxy) is 1. The molecule has 29 heavy (non-hydrogen) atoms. The molecule has 0 aliphatic carbocycles. The van der Waals surface area contributed by atoms with E-state index in [4.69, 9.17) is 9.72 Å². The number of nitrogens with one attached hydrogen (secondary N) is 1. The van der Waals surface area contributed by atoms with E-state index >= 15 is 0 Å². The number of hydrogen-bond donors (Lipinski definition) is 1. The monoisotopic (exact) mass is 410 g/mol. The lowest BCUT2D eigenvalue weighted by molar-refractivity contribution is -0.906. The normalized spacial score (nSPS) is 14.9. The number of thiazole rings is 1. The molecule has 1 aliphatic heterocycles. The van der Waals surface area contributed by atoms with Gasteiger partial charge in [0.1, 0.15) is 13.1 Å². The highest BCUT2D eigenvalue weighted by Crippen LogP contribution is 2.29. The number of aryl methyl sites for hydroxylation is 2. The lowest BCUT2D eigenvalue weighted by Crippen LogP contribution is -3.14. The molecule has 0 bridgehead atoms. The molecule has 1 fully saturated rings. The van der Waals surface area contributed by atoms with E-state index in [2.05, 4.69) is 31.2 Å². The zero-order chi connectivity index (χ0) is 20.1. The first-order valence-electron chi connectivity index (χ1n) is 10.3. The fraction of sp³-hybridized carbons (Fsp3) is 0.391. The first kappa shape index (κ1) is 20.0. The second kappa shape index (κ2) is 9.48. The van der Waals surface area contributed by atoms with E-state index < -0.39 is 0 Å². The molecule has 2 heterocycles. The molecule has 2 aromatic carbocycles. The van der Waals surface area contributed by atoms with Crippen molar-refractivity contribution in [3.63, 3.8) is 0 Å². The van der Waals surface area contributed by atoms with Gasteiger partial charge in [0, 0.05) is 6.42 Å². The third-order valence-electron chi connectivity index (χ3n) is 5.42. The zero-order valence-electron chi connectivity index (χ0n) is 16.9. The molecule has 1 amide bonds. The minimum absolute atomic E-state index is 0.150. The van der Waals surface area contributed by atoms with Gasteiger partial charge in [-0.25, -0.2) is 4.98 Å². The molecule has 6 heteroatoms. The maximum atomic E-state index is 13.2. The van der Waals surface area contributed by atoms with Gasteiger partial charge in [-0.2, -0.15) is 0 Å². The molecule has 4 rings (SSSR count). The van der Waals surface area contributed by atoms with Gasteiger partial charge in [-0.05, 0) is 36.6 Å². The molecule has 0 radical (unpaired) electrons. The molecule has 5 nitrogen and oxygen atoms in total. The number of benzene rings is 2. The highest BCUT2D eigenvalue weighted by atomic mass is 32.1. The highest BCUT2D eigenvalue weighted by molar-refractivity contribution is 7.22. The Morgan fingerprint density at radius 1 is 1.17 bits per heavy atom. The summed E-state index contributed by atoms with van der Waals surface area (Å²) >= 11 is 1.62. The SMILES string of the molecule is Cc1ccc2nc(N(CC[NH+]3CCOCC3)C(=O)CCc3ccccc3)sc2c1. The van der Waals surface area contributed by atoms with Gasteiger partial charge in [-0.3, -0.25) is 9.69 Å². The molecule has 1 N–H and O–H groups in total. The zero-order valence-corrected chi connectivity index (χ0v) is 17.7. The summed E-state index contributed by atoms with van der Waals surface area (Å²) in [7, 11) is 0. The standard InChI is InChI=1S/C23H27N3O2S/c1-18-7-9-20-21(17-18)29-23(24-20)26(12-11-25-13-15-28-16-14-25)22(27)10-8-19-5-3-2-4-6-19/h2-7,9,17H,8,10-16H2,1H3/p+1. The van der Waals surface area contributed by atoms with Crippen LogP contribution in [-0.4, -0.2) is 50.3 Å². The summed E-state index contributed by atoms with van der Waals surface area (Å²) in [6.07, 6.45) is 1.25. The summed E-state index contributed by atoms with van der Waals surface area (Å²) in [5.41, 5.74) is 3.38. The first-order chi connectivity index (χ1) is 14.2. The van der Waals surface area contributed by atoms with Gasteiger partial charge in [0.05, 0.1) is 36.5 Å². The van der Waals surface area contributed by atoms with Crippen molar-refractivity contribution < 1.29 is 14.4 Å². The number of quaternary nitrogens is 1.